The second-order valence-corrected chi connectivity index (χ2v) is 5.64. The summed E-state index contributed by atoms with van der Waals surface area (Å²) in [5, 5.41) is 0. The second kappa shape index (κ2) is 6.79. The van der Waals surface area contributed by atoms with Crippen molar-refractivity contribution in [1.29, 1.82) is 0 Å². The van der Waals surface area contributed by atoms with Crippen molar-refractivity contribution >= 4 is 0 Å². The van der Waals surface area contributed by atoms with E-state index in [2.05, 4.69) is 38.1 Å². The highest BCUT2D eigenvalue weighted by Crippen LogP contribution is 2.19. The van der Waals surface area contributed by atoms with Crippen molar-refractivity contribution in [2.75, 3.05) is 26.2 Å². The van der Waals surface area contributed by atoms with Gasteiger partial charge in [0.25, 0.3) is 0 Å². The standard InChI is InChI=1S/C16H25NO/c1-14(2)15-7-6-8-16(13-15)18-12-11-17-9-4-3-5-10-17/h6-8,13-14H,3-5,9-12H2,1-2H3/p+1. The van der Waals surface area contributed by atoms with E-state index in [1.807, 2.05) is 0 Å². The number of rotatable bonds is 5. The number of quaternary nitrogens is 1. The van der Waals surface area contributed by atoms with Crippen molar-refractivity contribution in [1.82, 2.24) is 0 Å². The van der Waals surface area contributed by atoms with Gasteiger partial charge in [-0.25, -0.2) is 0 Å². The Morgan fingerprint density at radius 3 is 2.67 bits per heavy atom. The zero-order valence-corrected chi connectivity index (χ0v) is 11.7. The molecular weight excluding hydrogens is 222 g/mol. The molecule has 2 nitrogen and oxygen atoms in total. The van der Waals surface area contributed by atoms with Crippen molar-refractivity contribution in [3.63, 3.8) is 0 Å². The van der Waals surface area contributed by atoms with E-state index in [1.165, 1.54) is 37.9 Å². The van der Waals surface area contributed by atoms with Crippen LogP contribution in [0.1, 0.15) is 44.6 Å². The molecule has 0 amide bonds. The highest BCUT2D eigenvalue weighted by Gasteiger charge is 2.12. The summed E-state index contributed by atoms with van der Waals surface area (Å²) in [4.78, 5) is 1.71. The summed E-state index contributed by atoms with van der Waals surface area (Å²) in [5.74, 6) is 1.60. The molecule has 100 valence electrons. The van der Waals surface area contributed by atoms with Crippen molar-refractivity contribution in [3.8, 4) is 5.75 Å². The molecule has 1 aromatic rings. The third-order valence-electron chi connectivity index (χ3n) is 3.81. The molecule has 1 heterocycles. The van der Waals surface area contributed by atoms with E-state index in [9.17, 15) is 0 Å². The zero-order valence-electron chi connectivity index (χ0n) is 11.7. The molecule has 0 spiro atoms. The average Bonchev–Trinajstić information content (AvgIpc) is 2.40. The zero-order chi connectivity index (χ0) is 12.8. The molecule has 0 saturated carbocycles. The lowest BCUT2D eigenvalue weighted by molar-refractivity contribution is -0.904. The topological polar surface area (TPSA) is 13.7 Å². The number of ether oxygens (including phenoxy) is 1. The van der Waals surface area contributed by atoms with Crippen LogP contribution in [0.4, 0.5) is 0 Å². The molecule has 0 aliphatic carbocycles. The summed E-state index contributed by atoms with van der Waals surface area (Å²) in [6.07, 6.45) is 4.19. The lowest BCUT2D eigenvalue weighted by Crippen LogP contribution is -3.13. The van der Waals surface area contributed by atoms with Gasteiger partial charge in [-0.3, -0.25) is 0 Å². The third kappa shape index (κ3) is 4.02. The summed E-state index contributed by atoms with van der Waals surface area (Å²) in [5.41, 5.74) is 1.36. The Morgan fingerprint density at radius 1 is 1.17 bits per heavy atom. The number of benzene rings is 1. The van der Waals surface area contributed by atoms with Gasteiger partial charge in [-0.05, 0) is 42.9 Å². The van der Waals surface area contributed by atoms with Crippen LogP contribution in [-0.4, -0.2) is 26.2 Å². The fourth-order valence-corrected chi connectivity index (χ4v) is 2.58. The van der Waals surface area contributed by atoms with Gasteiger partial charge in [-0.15, -0.1) is 0 Å². The van der Waals surface area contributed by atoms with E-state index in [-0.39, 0.29) is 0 Å². The number of nitrogens with one attached hydrogen (secondary N) is 1. The van der Waals surface area contributed by atoms with E-state index >= 15 is 0 Å². The largest absolute Gasteiger partial charge is 0.488 e. The Balaban J connectivity index is 1.77. The first-order valence-electron chi connectivity index (χ1n) is 7.32. The van der Waals surface area contributed by atoms with Crippen LogP contribution in [0.3, 0.4) is 0 Å². The third-order valence-corrected chi connectivity index (χ3v) is 3.81. The van der Waals surface area contributed by atoms with Gasteiger partial charge in [0.05, 0.1) is 13.1 Å². The minimum atomic E-state index is 0.571. The van der Waals surface area contributed by atoms with Gasteiger partial charge in [0.15, 0.2) is 0 Å². The van der Waals surface area contributed by atoms with Gasteiger partial charge in [0, 0.05) is 0 Å². The molecule has 1 saturated heterocycles. The van der Waals surface area contributed by atoms with Crippen LogP contribution in [0, 0.1) is 0 Å². The lowest BCUT2D eigenvalue weighted by Gasteiger charge is -2.23. The summed E-state index contributed by atoms with van der Waals surface area (Å²) in [7, 11) is 0. The predicted molar refractivity (Wildman–Crippen MR) is 75.4 cm³/mol. The van der Waals surface area contributed by atoms with Crippen LogP contribution in [0.5, 0.6) is 5.75 Å². The van der Waals surface area contributed by atoms with Gasteiger partial charge in [-0.1, -0.05) is 26.0 Å². The molecule has 0 atom stereocenters. The maximum Gasteiger partial charge on any atom is 0.137 e. The summed E-state index contributed by atoms with van der Waals surface area (Å²) in [6.45, 7) is 9.08. The van der Waals surface area contributed by atoms with Gasteiger partial charge in [0.1, 0.15) is 18.9 Å². The summed E-state index contributed by atoms with van der Waals surface area (Å²) >= 11 is 0. The van der Waals surface area contributed by atoms with Gasteiger partial charge < -0.3 is 9.64 Å². The molecule has 1 aliphatic rings. The molecule has 0 unspecified atom stereocenters. The SMILES string of the molecule is CC(C)c1cccc(OCC[NH+]2CCCCC2)c1. The Labute approximate surface area is 111 Å². The summed E-state index contributed by atoms with van der Waals surface area (Å²) in [6, 6.07) is 8.51. The maximum atomic E-state index is 5.88. The molecular formula is C16H26NO+. The Bertz CT molecular complexity index is 356. The maximum absolute atomic E-state index is 5.88. The van der Waals surface area contributed by atoms with Gasteiger partial charge in [-0.2, -0.15) is 0 Å². The molecule has 2 rings (SSSR count). The molecule has 1 aromatic carbocycles. The van der Waals surface area contributed by atoms with Crippen LogP contribution in [-0.2, 0) is 0 Å². The first-order valence-corrected chi connectivity index (χ1v) is 7.32. The van der Waals surface area contributed by atoms with E-state index in [0.717, 1.165) is 18.9 Å². The van der Waals surface area contributed by atoms with Crippen LogP contribution in [0.2, 0.25) is 0 Å². The highest BCUT2D eigenvalue weighted by atomic mass is 16.5. The average molecular weight is 248 g/mol. The molecule has 1 fully saturated rings. The molecule has 0 aromatic heterocycles. The fourth-order valence-electron chi connectivity index (χ4n) is 2.58. The highest BCUT2D eigenvalue weighted by molar-refractivity contribution is 5.30. The van der Waals surface area contributed by atoms with Crippen molar-refractivity contribution in [2.45, 2.75) is 39.0 Å². The first kappa shape index (κ1) is 13.4. The van der Waals surface area contributed by atoms with Crippen LogP contribution in [0.25, 0.3) is 0 Å². The molecule has 1 N–H and O–H groups in total. The van der Waals surface area contributed by atoms with Gasteiger partial charge >= 0.3 is 0 Å². The predicted octanol–water partition coefficient (Wildman–Crippen LogP) is 2.26. The van der Waals surface area contributed by atoms with E-state index < -0.39 is 0 Å². The molecule has 1 aliphatic heterocycles. The quantitative estimate of drug-likeness (QED) is 0.844. The van der Waals surface area contributed by atoms with Crippen molar-refractivity contribution < 1.29 is 9.64 Å². The van der Waals surface area contributed by atoms with Crippen LogP contribution < -0.4 is 9.64 Å². The molecule has 2 heteroatoms. The molecule has 0 bridgehead atoms. The van der Waals surface area contributed by atoms with Crippen LogP contribution >= 0.6 is 0 Å². The Hall–Kier alpha value is -1.02. The minimum Gasteiger partial charge on any atom is -0.488 e. The fraction of sp³-hybridized carbons (Fsp3) is 0.625. The molecule has 18 heavy (non-hydrogen) atoms. The van der Waals surface area contributed by atoms with E-state index in [0.29, 0.717) is 5.92 Å². The monoisotopic (exact) mass is 248 g/mol. The normalized spacial score (nSPS) is 17.1. The van der Waals surface area contributed by atoms with Crippen molar-refractivity contribution in [2.24, 2.45) is 0 Å². The van der Waals surface area contributed by atoms with E-state index in [4.69, 9.17) is 4.74 Å². The summed E-state index contributed by atoms with van der Waals surface area (Å²) < 4.78 is 5.88. The smallest absolute Gasteiger partial charge is 0.137 e. The number of hydrogen-bond donors (Lipinski definition) is 1. The van der Waals surface area contributed by atoms with Gasteiger partial charge in [0.2, 0.25) is 0 Å². The van der Waals surface area contributed by atoms with Crippen LogP contribution in [0.15, 0.2) is 24.3 Å². The number of hydrogen-bond acceptors (Lipinski definition) is 1. The number of likely N-dealkylation sites (tertiary alicyclic amines) is 1. The second-order valence-electron chi connectivity index (χ2n) is 5.64. The van der Waals surface area contributed by atoms with Crippen molar-refractivity contribution in [3.05, 3.63) is 29.8 Å². The minimum absolute atomic E-state index is 0.571. The molecule has 0 radical (unpaired) electrons. The Kier molecular flexibility index (Phi) is 5.06. The Morgan fingerprint density at radius 2 is 1.94 bits per heavy atom. The first-order chi connectivity index (χ1) is 8.75. The van der Waals surface area contributed by atoms with E-state index in [1.54, 1.807) is 4.90 Å². The lowest BCUT2D eigenvalue weighted by atomic mass is 10.0. The number of piperidine rings is 1.